The molecule has 6 nitrogen and oxygen atoms in total. The molecule has 8 heteroatoms. The number of nitrogens with zero attached hydrogens (tertiary/aromatic N) is 3. The van der Waals surface area contributed by atoms with Gasteiger partial charge in [-0.3, -0.25) is 0 Å². The van der Waals surface area contributed by atoms with Crippen LogP contribution in [0, 0.1) is 6.92 Å². The molecule has 0 N–H and O–H groups in total. The average Bonchev–Trinajstić information content (AvgIpc) is 3.00. The Kier molecular flexibility index (Phi) is 6.26. The van der Waals surface area contributed by atoms with E-state index in [-0.39, 0.29) is 27.4 Å². The molecule has 2 rings (SSSR count). The number of carbonyl (C=O) groups excluding carboxylic acids is 1. The number of hydrogen-bond acceptors (Lipinski definition) is 4. The third-order valence-corrected chi connectivity index (χ3v) is 6.39. The summed E-state index contributed by atoms with van der Waals surface area (Å²) in [4.78, 5) is 14.1. The van der Waals surface area contributed by atoms with Crippen molar-refractivity contribution >= 4 is 27.5 Å². The van der Waals surface area contributed by atoms with Crippen molar-refractivity contribution in [2.75, 3.05) is 13.1 Å². The molecular weight excluding hydrogens is 374 g/mol. The minimum atomic E-state index is -3.99. The molecule has 0 fully saturated rings. The highest BCUT2D eigenvalue weighted by molar-refractivity contribution is 7.91. The van der Waals surface area contributed by atoms with Gasteiger partial charge in [-0.2, -0.15) is 9.78 Å². The molecule has 140 valence electrons. The Bertz CT molecular complexity index is 911. The van der Waals surface area contributed by atoms with E-state index in [0.717, 1.165) is 4.68 Å². The smallest absolute Gasteiger partial charge is 0.323 e. The van der Waals surface area contributed by atoms with E-state index in [2.05, 4.69) is 11.7 Å². The zero-order valence-electron chi connectivity index (χ0n) is 15.1. The molecule has 0 saturated heterocycles. The number of benzene rings is 1. The van der Waals surface area contributed by atoms with E-state index in [4.69, 9.17) is 11.6 Å². The van der Waals surface area contributed by atoms with Gasteiger partial charge in [-0.05, 0) is 38.8 Å². The zero-order chi connectivity index (χ0) is 19.5. The standard InChI is InChI=1S/C18H22ClN3O3S/c1-5-9-14-12-22(18(23)21(6-2)7-3)20-17(14)26(24,25)16-13(4)10-8-11-15(16)19/h5,8,10-12H,1,6-7,9H2,2-4H3. The molecular formula is C18H22ClN3O3S. The molecule has 0 saturated carbocycles. The minimum Gasteiger partial charge on any atom is -0.323 e. The number of sulfone groups is 1. The highest BCUT2D eigenvalue weighted by Gasteiger charge is 2.30. The molecule has 1 aromatic carbocycles. The van der Waals surface area contributed by atoms with Gasteiger partial charge in [0.1, 0.15) is 0 Å². The van der Waals surface area contributed by atoms with E-state index in [1.54, 1.807) is 30.0 Å². The van der Waals surface area contributed by atoms with E-state index in [9.17, 15) is 13.2 Å². The van der Waals surface area contributed by atoms with Gasteiger partial charge >= 0.3 is 6.03 Å². The Morgan fingerprint density at radius 2 is 2.00 bits per heavy atom. The normalized spacial score (nSPS) is 11.4. The lowest BCUT2D eigenvalue weighted by atomic mass is 10.2. The predicted molar refractivity (Wildman–Crippen MR) is 101 cm³/mol. The van der Waals surface area contributed by atoms with Crippen molar-refractivity contribution in [3.05, 3.63) is 53.2 Å². The van der Waals surface area contributed by atoms with E-state index in [1.807, 2.05) is 13.8 Å². The second kappa shape index (κ2) is 8.05. The quantitative estimate of drug-likeness (QED) is 0.699. The lowest BCUT2D eigenvalue weighted by Gasteiger charge is -2.17. The molecule has 0 aliphatic rings. The van der Waals surface area contributed by atoms with Crippen LogP contribution in [0.15, 0.2) is 47.0 Å². The van der Waals surface area contributed by atoms with Gasteiger partial charge in [0.15, 0.2) is 5.03 Å². The van der Waals surface area contributed by atoms with Crippen LogP contribution in [0.3, 0.4) is 0 Å². The van der Waals surface area contributed by atoms with Crippen LogP contribution in [0.2, 0.25) is 5.02 Å². The minimum absolute atomic E-state index is 0.00696. The highest BCUT2D eigenvalue weighted by atomic mass is 35.5. The molecule has 1 aromatic heterocycles. The van der Waals surface area contributed by atoms with Gasteiger partial charge in [0.05, 0.1) is 9.92 Å². The van der Waals surface area contributed by atoms with Gasteiger partial charge in [-0.15, -0.1) is 6.58 Å². The summed E-state index contributed by atoms with van der Waals surface area (Å²) in [6.07, 6.45) is 3.28. The van der Waals surface area contributed by atoms with Gasteiger partial charge < -0.3 is 4.90 Å². The van der Waals surface area contributed by atoms with Crippen molar-refractivity contribution in [1.82, 2.24) is 14.7 Å². The fourth-order valence-corrected chi connectivity index (χ4v) is 4.92. The van der Waals surface area contributed by atoms with Crippen molar-refractivity contribution in [2.45, 2.75) is 37.1 Å². The van der Waals surface area contributed by atoms with Crippen LogP contribution in [0.25, 0.3) is 0 Å². The van der Waals surface area contributed by atoms with Crippen molar-refractivity contribution in [3.8, 4) is 0 Å². The molecule has 0 unspecified atom stereocenters. The SMILES string of the molecule is C=CCc1cn(C(=O)N(CC)CC)nc1S(=O)(=O)c1c(C)cccc1Cl. The van der Waals surface area contributed by atoms with Gasteiger partial charge in [0, 0.05) is 24.8 Å². The van der Waals surface area contributed by atoms with Crippen LogP contribution in [0.1, 0.15) is 25.0 Å². The van der Waals surface area contributed by atoms with Crippen LogP contribution >= 0.6 is 11.6 Å². The van der Waals surface area contributed by atoms with Crippen molar-refractivity contribution < 1.29 is 13.2 Å². The van der Waals surface area contributed by atoms with E-state index >= 15 is 0 Å². The Hall–Kier alpha value is -2.12. The Morgan fingerprint density at radius 1 is 1.35 bits per heavy atom. The summed E-state index contributed by atoms with van der Waals surface area (Å²) < 4.78 is 27.5. The van der Waals surface area contributed by atoms with Crippen LogP contribution < -0.4 is 0 Å². The third kappa shape index (κ3) is 3.68. The summed E-state index contributed by atoms with van der Waals surface area (Å²) >= 11 is 6.15. The number of carbonyl (C=O) groups is 1. The first-order valence-electron chi connectivity index (χ1n) is 8.26. The number of aryl methyl sites for hydroxylation is 1. The maximum Gasteiger partial charge on any atom is 0.344 e. The molecule has 0 radical (unpaired) electrons. The summed E-state index contributed by atoms with van der Waals surface area (Å²) in [6, 6.07) is 4.50. The Morgan fingerprint density at radius 3 is 2.54 bits per heavy atom. The van der Waals surface area contributed by atoms with Crippen molar-refractivity contribution in [2.24, 2.45) is 0 Å². The molecule has 0 aliphatic heterocycles. The lowest BCUT2D eigenvalue weighted by Crippen LogP contribution is -2.34. The highest BCUT2D eigenvalue weighted by Crippen LogP contribution is 2.31. The number of halogens is 1. The van der Waals surface area contributed by atoms with Crippen molar-refractivity contribution in [1.29, 1.82) is 0 Å². The summed E-state index contributed by atoms with van der Waals surface area (Å²) in [7, 11) is -3.99. The molecule has 0 bridgehead atoms. The molecule has 0 atom stereocenters. The molecule has 1 heterocycles. The van der Waals surface area contributed by atoms with Gasteiger partial charge in [0.25, 0.3) is 0 Å². The first-order chi connectivity index (χ1) is 12.3. The maximum absolute atomic E-state index is 13.2. The van der Waals surface area contributed by atoms with Crippen LogP contribution in [0.5, 0.6) is 0 Å². The van der Waals surface area contributed by atoms with E-state index < -0.39 is 9.84 Å². The zero-order valence-corrected chi connectivity index (χ0v) is 16.6. The lowest BCUT2D eigenvalue weighted by molar-refractivity contribution is 0.201. The van der Waals surface area contributed by atoms with Crippen LogP contribution in [-0.2, 0) is 16.3 Å². The number of allylic oxidation sites excluding steroid dienone is 1. The molecule has 26 heavy (non-hydrogen) atoms. The van der Waals surface area contributed by atoms with E-state index in [0.29, 0.717) is 24.2 Å². The molecule has 2 aromatic rings. The summed E-state index contributed by atoms with van der Waals surface area (Å²) in [5.74, 6) is 0. The van der Waals surface area contributed by atoms with Gasteiger partial charge in [-0.25, -0.2) is 13.2 Å². The molecule has 0 aliphatic carbocycles. The Labute approximate surface area is 159 Å². The topological polar surface area (TPSA) is 72.3 Å². The van der Waals surface area contributed by atoms with E-state index in [1.165, 1.54) is 12.3 Å². The number of amides is 1. The largest absolute Gasteiger partial charge is 0.344 e. The van der Waals surface area contributed by atoms with Gasteiger partial charge in [0.2, 0.25) is 9.84 Å². The van der Waals surface area contributed by atoms with Crippen LogP contribution in [0.4, 0.5) is 4.79 Å². The fraction of sp³-hybridized carbons (Fsp3) is 0.333. The van der Waals surface area contributed by atoms with Gasteiger partial charge in [-0.1, -0.05) is 29.8 Å². The van der Waals surface area contributed by atoms with Crippen LogP contribution in [-0.4, -0.2) is 42.2 Å². The number of aromatic nitrogens is 2. The number of hydrogen-bond donors (Lipinski definition) is 0. The second-order valence-electron chi connectivity index (χ2n) is 5.74. The fourth-order valence-electron chi connectivity index (χ4n) is 2.71. The molecule has 0 spiro atoms. The monoisotopic (exact) mass is 395 g/mol. The van der Waals surface area contributed by atoms with Crippen molar-refractivity contribution in [3.63, 3.8) is 0 Å². The second-order valence-corrected chi connectivity index (χ2v) is 7.95. The summed E-state index contributed by atoms with van der Waals surface area (Å²) in [5, 5.41) is 4.06. The first-order valence-corrected chi connectivity index (χ1v) is 10.1. The number of rotatable bonds is 6. The molecule has 1 amide bonds. The predicted octanol–water partition coefficient (Wildman–Crippen LogP) is 3.72. The first kappa shape index (κ1) is 20.2. The Balaban J connectivity index is 2.65. The summed E-state index contributed by atoms with van der Waals surface area (Å²) in [5.41, 5.74) is 0.923. The summed E-state index contributed by atoms with van der Waals surface area (Å²) in [6.45, 7) is 10.0. The third-order valence-electron chi connectivity index (χ3n) is 4.03. The maximum atomic E-state index is 13.2. The average molecular weight is 396 g/mol.